The Morgan fingerprint density at radius 1 is 1.50 bits per heavy atom. The van der Waals surface area contributed by atoms with Gasteiger partial charge in [0, 0.05) is 24.3 Å². The molecule has 108 valence electrons. The first kappa shape index (κ1) is 13.3. The summed E-state index contributed by atoms with van der Waals surface area (Å²) in [5.41, 5.74) is 6.82. The standard InChI is InChI=1S/C14H20N4O2/c1-7(2)9-5-11(18-14(15)17-9)13(19)16-10-6-12-8(10)3-4-20-12/h5,7-8,10,12H,3-4,6H2,1-2H3,(H,16,19)(H2,15,17,18)/t8-,10-,12+/m1/s1. The summed E-state index contributed by atoms with van der Waals surface area (Å²) in [7, 11) is 0. The van der Waals surface area contributed by atoms with Crippen molar-refractivity contribution in [2.24, 2.45) is 5.92 Å². The fourth-order valence-electron chi connectivity index (χ4n) is 2.90. The first-order valence-electron chi connectivity index (χ1n) is 7.11. The highest BCUT2D eigenvalue weighted by molar-refractivity contribution is 5.93. The molecule has 3 rings (SSSR count). The van der Waals surface area contributed by atoms with E-state index < -0.39 is 0 Å². The molecule has 0 radical (unpaired) electrons. The Kier molecular flexibility index (Phi) is 3.33. The van der Waals surface area contributed by atoms with Crippen LogP contribution in [-0.4, -0.2) is 34.6 Å². The van der Waals surface area contributed by atoms with Gasteiger partial charge in [0.2, 0.25) is 5.95 Å². The number of ether oxygens (including phenoxy) is 1. The van der Waals surface area contributed by atoms with E-state index in [-0.39, 0.29) is 23.8 Å². The van der Waals surface area contributed by atoms with Crippen LogP contribution in [-0.2, 0) is 4.74 Å². The smallest absolute Gasteiger partial charge is 0.270 e. The third-order valence-corrected chi connectivity index (χ3v) is 4.17. The van der Waals surface area contributed by atoms with Gasteiger partial charge in [0.15, 0.2) is 0 Å². The Hall–Kier alpha value is -1.69. The van der Waals surface area contributed by atoms with Crippen molar-refractivity contribution in [3.8, 4) is 0 Å². The normalized spacial score (nSPS) is 28.1. The highest BCUT2D eigenvalue weighted by Crippen LogP contribution is 2.38. The van der Waals surface area contributed by atoms with Gasteiger partial charge in [-0.3, -0.25) is 4.79 Å². The largest absolute Gasteiger partial charge is 0.378 e. The second-order valence-corrected chi connectivity index (χ2v) is 5.87. The number of nitrogens with two attached hydrogens (primary N) is 1. The van der Waals surface area contributed by atoms with Gasteiger partial charge in [0.1, 0.15) is 5.69 Å². The highest BCUT2D eigenvalue weighted by Gasteiger charge is 2.45. The summed E-state index contributed by atoms with van der Waals surface area (Å²) in [4.78, 5) is 20.5. The van der Waals surface area contributed by atoms with Crippen molar-refractivity contribution in [2.75, 3.05) is 12.3 Å². The quantitative estimate of drug-likeness (QED) is 0.862. The average molecular weight is 276 g/mol. The summed E-state index contributed by atoms with van der Waals surface area (Å²) in [5, 5.41) is 3.03. The van der Waals surface area contributed by atoms with Crippen LogP contribution in [0.2, 0.25) is 0 Å². The lowest BCUT2D eigenvalue weighted by Crippen LogP contribution is -2.53. The number of anilines is 1. The molecular weight excluding hydrogens is 256 g/mol. The van der Waals surface area contributed by atoms with Crippen LogP contribution in [0.3, 0.4) is 0 Å². The van der Waals surface area contributed by atoms with Gasteiger partial charge in [-0.2, -0.15) is 0 Å². The number of hydrogen-bond acceptors (Lipinski definition) is 5. The van der Waals surface area contributed by atoms with Crippen molar-refractivity contribution in [3.63, 3.8) is 0 Å². The molecule has 6 heteroatoms. The predicted molar refractivity (Wildman–Crippen MR) is 74.3 cm³/mol. The van der Waals surface area contributed by atoms with E-state index in [0.717, 1.165) is 25.1 Å². The van der Waals surface area contributed by atoms with Gasteiger partial charge >= 0.3 is 0 Å². The molecule has 0 aromatic carbocycles. The molecule has 2 heterocycles. The first-order valence-corrected chi connectivity index (χ1v) is 7.11. The van der Waals surface area contributed by atoms with Crippen LogP contribution >= 0.6 is 0 Å². The highest BCUT2D eigenvalue weighted by atomic mass is 16.5. The van der Waals surface area contributed by atoms with Crippen molar-refractivity contribution in [1.29, 1.82) is 0 Å². The number of amides is 1. The van der Waals surface area contributed by atoms with Crippen molar-refractivity contribution in [2.45, 2.75) is 44.8 Å². The molecule has 3 N–H and O–H groups in total. The molecule has 3 atom stereocenters. The molecule has 2 fully saturated rings. The average Bonchev–Trinajstić information content (AvgIpc) is 2.76. The number of aromatic nitrogens is 2. The van der Waals surface area contributed by atoms with Crippen molar-refractivity contribution in [1.82, 2.24) is 15.3 Å². The van der Waals surface area contributed by atoms with E-state index in [9.17, 15) is 4.79 Å². The molecule has 20 heavy (non-hydrogen) atoms. The Balaban J connectivity index is 1.71. The third-order valence-electron chi connectivity index (χ3n) is 4.17. The molecule has 0 unspecified atom stereocenters. The molecule has 1 aliphatic carbocycles. The second-order valence-electron chi connectivity index (χ2n) is 5.87. The Labute approximate surface area is 118 Å². The molecule has 1 saturated heterocycles. The number of hydrogen-bond donors (Lipinski definition) is 2. The summed E-state index contributed by atoms with van der Waals surface area (Å²) in [6.07, 6.45) is 2.26. The van der Waals surface area contributed by atoms with Crippen LogP contribution in [0, 0.1) is 5.92 Å². The molecule has 6 nitrogen and oxygen atoms in total. The van der Waals surface area contributed by atoms with E-state index in [1.165, 1.54) is 0 Å². The molecule has 1 aliphatic heterocycles. The van der Waals surface area contributed by atoms with Gasteiger partial charge in [0.25, 0.3) is 5.91 Å². The van der Waals surface area contributed by atoms with E-state index in [0.29, 0.717) is 17.7 Å². The Bertz CT molecular complexity index is 532. The summed E-state index contributed by atoms with van der Waals surface area (Å²) >= 11 is 0. The fourth-order valence-corrected chi connectivity index (χ4v) is 2.90. The summed E-state index contributed by atoms with van der Waals surface area (Å²) < 4.78 is 5.54. The maximum Gasteiger partial charge on any atom is 0.270 e. The number of rotatable bonds is 3. The number of nitrogens with one attached hydrogen (secondary N) is 1. The fraction of sp³-hybridized carbons (Fsp3) is 0.643. The minimum atomic E-state index is -0.170. The summed E-state index contributed by atoms with van der Waals surface area (Å²) in [5.74, 6) is 0.652. The maximum atomic E-state index is 12.3. The minimum Gasteiger partial charge on any atom is -0.378 e. The van der Waals surface area contributed by atoms with E-state index in [2.05, 4.69) is 15.3 Å². The van der Waals surface area contributed by atoms with Gasteiger partial charge in [-0.1, -0.05) is 13.8 Å². The van der Waals surface area contributed by atoms with Crippen LogP contribution in [0.4, 0.5) is 5.95 Å². The molecule has 0 spiro atoms. The minimum absolute atomic E-state index is 0.150. The second kappa shape index (κ2) is 5.01. The SMILES string of the molecule is CC(C)c1cc(C(=O)N[C@@H]2C[C@@H]3OCC[C@@H]32)nc(N)n1. The zero-order valence-corrected chi connectivity index (χ0v) is 11.8. The van der Waals surface area contributed by atoms with Gasteiger partial charge < -0.3 is 15.8 Å². The zero-order chi connectivity index (χ0) is 14.3. The van der Waals surface area contributed by atoms with Crippen LogP contribution < -0.4 is 11.1 Å². The molecule has 0 bridgehead atoms. The number of fused-ring (bicyclic) bond motifs is 1. The Morgan fingerprint density at radius 3 is 3.00 bits per heavy atom. The van der Waals surface area contributed by atoms with Crippen molar-refractivity contribution >= 4 is 11.9 Å². The van der Waals surface area contributed by atoms with Crippen LogP contribution in [0.15, 0.2) is 6.07 Å². The number of carbonyl (C=O) groups excluding carboxylic acids is 1. The topological polar surface area (TPSA) is 90.1 Å². The zero-order valence-electron chi connectivity index (χ0n) is 11.8. The summed E-state index contributed by atoms with van der Waals surface area (Å²) in [6, 6.07) is 1.92. The van der Waals surface area contributed by atoms with Gasteiger partial charge in [-0.25, -0.2) is 9.97 Å². The lowest BCUT2D eigenvalue weighted by Gasteiger charge is -2.39. The van der Waals surface area contributed by atoms with E-state index in [4.69, 9.17) is 10.5 Å². The lowest BCUT2D eigenvalue weighted by atomic mass is 9.76. The molecule has 1 saturated carbocycles. The van der Waals surface area contributed by atoms with E-state index >= 15 is 0 Å². The van der Waals surface area contributed by atoms with E-state index in [1.807, 2.05) is 13.8 Å². The molecule has 2 aliphatic rings. The van der Waals surface area contributed by atoms with Crippen LogP contribution in [0.1, 0.15) is 48.8 Å². The number of nitrogens with zero attached hydrogens (tertiary/aromatic N) is 2. The molecule has 1 aromatic rings. The number of nitrogen functional groups attached to an aromatic ring is 1. The Morgan fingerprint density at radius 2 is 2.30 bits per heavy atom. The predicted octanol–water partition coefficient (Wildman–Crippen LogP) is 1.09. The van der Waals surface area contributed by atoms with Gasteiger partial charge in [0.05, 0.1) is 6.10 Å². The number of carbonyl (C=O) groups is 1. The van der Waals surface area contributed by atoms with Crippen molar-refractivity contribution in [3.05, 3.63) is 17.5 Å². The summed E-state index contributed by atoms with van der Waals surface area (Å²) in [6.45, 7) is 4.82. The van der Waals surface area contributed by atoms with Gasteiger partial charge in [-0.15, -0.1) is 0 Å². The molecule has 1 aromatic heterocycles. The van der Waals surface area contributed by atoms with Crippen LogP contribution in [0.25, 0.3) is 0 Å². The first-order chi connectivity index (χ1) is 9.54. The molecular formula is C14H20N4O2. The van der Waals surface area contributed by atoms with E-state index in [1.54, 1.807) is 6.07 Å². The maximum absolute atomic E-state index is 12.3. The third kappa shape index (κ3) is 2.35. The van der Waals surface area contributed by atoms with Gasteiger partial charge in [-0.05, 0) is 24.8 Å². The van der Waals surface area contributed by atoms with Crippen LogP contribution in [0.5, 0.6) is 0 Å². The monoisotopic (exact) mass is 276 g/mol. The van der Waals surface area contributed by atoms with Crippen molar-refractivity contribution < 1.29 is 9.53 Å². The molecule has 1 amide bonds. The lowest BCUT2D eigenvalue weighted by molar-refractivity contribution is 0.00802.